The maximum absolute atomic E-state index is 10.8. The minimum atomic E-state index is -0.453. The number of nitrogens with zero attached hydrogens (tertiary/aromatic N) is 2. The van der Waals surface area contributed by atoms with Gasteiger partial charge in [-0.2, -0.15) is 5.10 Å². The molecule has 4 nitrogen and oxygen atoms in total. The molecule has 0 unspecified atom stereocenters. The van der Waals surface area contributed by atoms with Gasteiger partial charge in [0.15, 0.2) is 0 Å². The lowest BCUT2D eigenvalue weighted by Crippen LogP contribution is -2.11. The summed E-state index contributed by atoms with van der Waals surface area (Å²) in [7, 11) is 1.76. The van der Waals surface area contributed by atoms with E-state index in [0.29, 0.717) is 5.82 Å². The first-order chi connectivity index (χ1) is 6.17. The lowest BCUT2D eigenvalue weighted by Gasteiger charge is -1.98. The van der Waals surface area contributed by atoms with Crippen LogP contribution in [-0.2, 0) is 18.3 Å². The molecule has 0 saturated carbocycles. The van der Waals surface area contributed by atoms with Crippen molar-refractivity contribution in [2.45, 2.75) is 13.3 Å². The predicted molar refractivity (Wildman–Crippen MR) is 50.0 cm³/mol. The fraction of sp³-hybridized carbons (Fsp3) is 0.333. The molecule has 0 aliphatic heterocycles. The Bertz CT molecular complexity index is 359. The van der Waals surface area contributed by atoms with E-state index >= 15 is 0 Å². The van der Waals surface area contributed by atoms with E-state index in [2.05, 4.69) is 10.4 Å². The van der Waals surface area contributed by atoms with Crippen LogP contribution in [0.15, 0.2) is 6.07 Å². The van der Waals surface area contributed by atoms with Gasteiger partial charge in [-0.15, -0.1) is 6.42 Å². The number of nitrogens with one attached hydrogen (secondary N) is 1. The van der Waals surface area contributed by atoms with Gasteiger partial charge in [-0.25, -0.2) is 0 Å². The highest BCUT2D eigenvalue weighted by Gasteiger charge is 2.04. The highest BCUT2D eigenvalue weighted by atomic mass is 16.1. The van der Waals surface area contributed by atoms with Gasteiger partial charge in [-0.3, -0.25) is 14.8 Å². The highest BCUT2D eigenvalue weighted by molar-refractivity contribution is 6.03. The van der Waals surface area contributed by atoms with Gasteiger partial charge in [0, 0.05) is 13.1 Å². The largest absolute Gasteiger partial charge is 0.301 e. The number of hydrogen-bond acceptors (Lipinski definition) is 2. The fourth-order valence-electron chi connectivity index (χ4n) is 0.969. The Kier molecular flexibility index (Phi) is 2.70. The van der Waals surface area contributed by atoms with E-state index in [1.807, 2.05) is 12.8 Å². The Morgan fingerprint density at radius 3 is 3.00 bits per heavy atom. The van der Waals surface area contributed by atoms with Crippen LogP contribution >= 0.6 is 0 Å². The molecule has 1 rings (SSSR count). The van der Waals surface area contributed by atoms with Crippen LogP contribution in [0.25, 0.3) is 0 Å². The zero-order valence-corrected chi connectivity index (χ0v) is 7.66. The molecule has 1 N–H and O–H groups in total. The van der Waals surface area contributed by atoms with Crippen molar-refractivity contribution < 1.29 is 4.79 Å². The van der Waals surface area contributed by atoms with Gasteiger partial charge in [0.25, 0.3) is 0 Å². The van der Waals surface area contributed by atoms with Crippen molar-refractivity contribution in [2.24, 2.45) is 7.05 Å². The van der Waals surface area contributed by atoms with Crippen LogP contribution in [0, 0.1) is 12.3 Å². The van der Waals surface area contributed by atoms with Gasteiger partial charge in [0.05, 0.1) is 5.69 Å². The molecule has 0 aliphatic rings. The third-order valence-corrected chi connectivity index (χ3v) is 1.67. The van der Waals surface area contributed by atoms with Gasteiger partial charge < -0.3 is 0 Å². The molecular formula is C9H11N3O. The topological polar surface area (TPSA) is 46.9 Å². The van der Waals surface area contributed by atoms with Crippen molar-refractivity contribution in [3.63, 3.8) is 0 Å². The van der Waals surface area contributed by atoms with E-state index < -0.39 is 5.91 Å². The monoisotopic (exact) mass is 177 g/mol. The van der Waals surface area contributed by atoms with E-state index in [9.17, 15) is 4.79 Å². The number of hydrogen-bond donors (Lipinski definition) is 1. The van der Waals surface area contributed by atoms with Crippen molar-refractivity contribution in [1.82, 2.24) is 9.78 Å². The van der Waals surface area contributed by atoms with E-state index in [1.165, 1.54) is 0 Å². The highest BCUT2D eigenvalue weighted by Crippen LogP contribution is 2.08. The average Bonchev–Trinajstić information content (AvgIpc) is 2.47. The lowest BCUT2D eigenvalue weighted by molar-refractivity contribution is -0.111. The summed E-state index contributed by atoms with van der Waals surface area (Å²) in [5.74, 6) is 2.15. The molecule has 0 spiro atoms. The summed E-state index contributed by atoms with van der Waals surface area (Å²) in [4.78, 5) is 10.8. The van der Waals surface area contributed by atoms with Crippen LogP contribution < -0.4 is 5.32 Å². The quantitative estimate of drug-likeness (QED) is 0.671. The summed E-state index contributed by atoms with van der Waals surface area (Å²) in [6, 6.07) is 1.80. The summed E-state index contributed by atoms with van der Waals surface area (Å²) in [5, 5.41) is 6.69. The summed E-state index contributed by atoms with van der Waals surface area (Å²) in [5.41, 5.74) is 0.926. The van der Waals surface area contributed by atoms with Gasteiger partial charge in [-0.1, -0.05) is 6.92 Å². The zero-order chi connectivity index (χ0) is 9.84. The second-order valence-electron chi connectivity index (χ2n) is 2.60. The molecule has 0 aromatic carbocycles. The molecule has 0 radical (unpaired) electrons. The molecule has 0 fully saturated rings. The van der Waals surface area contributed by atoms with Crippen LogP contribution in [0.5, 0.6) is 0 Å². The van der Waals surface area contributed by atoms with Crippen molar-refractivity contribution in [1.29, 1.82) is 0 Å². The molecule has 0 saturated heterocycles. The predicted octanol–water partition coefficient (Wildman–Crippen LogP) is 0.554. The van der Waals surface area contributed by atoms with Crippen LogP contribution in [-0.4, -0.2) is 15.7 Å². The van der Waals surface area contributed by atoms with Crippen molar-refractivity contribution >= 4 is 11.7 Å². The zero-order valence-electron chi connectivity index (χ0n) is 7.66. The molecule has 1 aromatic heterocycles. The number of carbonyl (C=O) groups is 1. The Balaban J connectivity index is 2.84. The molecular weight excluding hydrogens is 166 g/mol. The average molecular weight is 177 g/mol. The minimum absolute atomic E-state index is 0.453. The number of terminal acetylenes is 1. The van der Waals surface area contributed by atoms with Crippen LogP contribution in [0.1, 0.15) is 12.6 Å². The molecule has 0 atom stereocenters. The first kappa shape index (κ1) is 9.33. The molecule has 68 valence electrons. The van der Waals surface area contributed by atoms with Crippen LogP contribution in [0.4, 0.5) is 5.82 Å². The summed E-state index contributed by atoms with van der Waals surface area (Å²) < 4.78 is 1.59. The van der Waals surface area contributed by atoms with Crippen molar-refractivity contribution in [2.75, 3.05) is 5.32 Å². The first-order valence-corrected chi connectivity index (χ1v) is 3.98. The van der Waals surface area contributed by atoms with Gasteiger partial charge >= 0.3 is 5.91 Å². The van der Waals surface area contributed by atoms with Gasteiger partial charge in [0.2, 0.25) is 0 Å². The maximum atomic E-state index is 10.8. The molecule has 0 bridgehead atoms. The lowest BCUT2D eigenvalue weighted by atomic mass is 10.3. The molecule has 1 amide bonds. The molecule has 1 aromatic rings. The Labute approximate surface area is 76.9 Å². The number of rotatable bonds is 2. The SMILES string of the molecule is C#CC(=O)Nc1cc(CC)nn1C. The van der Waals surface area contributed by atoms with E-state index in [4.69, 9.17) is 6.42 Å². The van der Waals surface area contributed by atoms with E-state index in [-0.39, 0.29) is 0 Å². The summed E-state index contributed by atoms with van der Waals surface area (Å²) in [6.45, 7) is 2.00. The molecule has 13 heavy (non-hydrogen) atoms. The molecule has 4 heteroatoms. The van der Waals surface area contributed by atoms with Gasteiger partial charge in [0.1, 0.15) is 5.82 Å². The number of carbonyl (C=O) groups excluding carboxylic acids is 1. The Morgan fingerprint density at radius 2 is 2.54 bits per heavy atom. The number of aryl methyl sites for hydroxylation is 2. The van der Waals surface area contributed by atoms with Crippen molar-refractivity contribution in [3.05, 3.63) is 11.8 Å². The minimum Gasteiger partial charge on any atom is -0.300 e. The van der Waals surface area contributed by atoms with Gasteiger partial charge in [-0.05, 0) is 12.3 Å². The summed E-state index contributed by atoms with van der Waals surface area (Å²) >= 11 is 0. The Morgan fingerprint density at radius 1 is 1.85 bits per heavy atom. The third kappa shape index (κ3) is 2.09. The normalized spacial score (nSPS) is 9.31. The Hall–Kier alpha value is -1.76. The number of amides is 1. The van der Waals surface area contributed by atoms with Crippen molar-refractivity contribution in [3.8, 4) is 12.3 Å². The third-order valence-electron chi connectivity index (χ3n) is 1.67. The fourth-order valence-corrected chi connectivity index (χ4v) is 0.969. The maximum Gasteiger partial charge on any atom is 0.301 e. The standard InChI is InChI=1S/C9H11N3O/c1-4-7-6-8(12(3)11-7)10-9(13)5-2/h2,6H,4H2,1,3H3,(H,10,13). The smallest absolute Gasteiger partial charge is 0.300 e. The first-order valence-electron chi connectivity index (χ1n) is 3.98. The van der Waals surface area contributed by atoms with Crippen LogP contribution in [0.3, 0.4) is 0 Å². The van der Waals surface area contributed by atoms with E-state index in [1.54, 1.807) is 17.8 Å². The molecule has 0 aliphatic carbocycles. The second kappa shape index (κ2) is 3.76. The van der Waals surface area contributed by atoms with E-state index in [0.717, 1.165) is 12.1 Å². The number of anilines is 1. The second-order valence-corrected chi connectivity index (χ2v) is 2.60. The summed E-state index contributed by atoms with van der Waals surface area (Å²) in [6.07, 6.45) is 5.75. The number of aromatic nitrogens is 2. The molecule has 1 heterocycles. The van der Waals surface area contributed by atoms with Crippen LogP contribution in [0.2, 0.25) is 0 Å².